The molecule has 1 N–H and O–H groups in total. The predicted octanol–water partition coefficient (Wildman–Crippen LogP) is -1.77. The third-order valence-corrected chi connectivity index (χ3v) is 9.35. The van der Waals surface area contributed by atoms with Crippen LogP contribution in [0.15, 0.2) is 10.7 Å². The van der Waals surface area contributed by atoms with E-state index in [1.807, 2.05) is 0 Å². The standard InChI is InChI=1S/C15H31N7O5S2/c1-7-18(6)29(25,26)19-8-9-20(21-10-14(16)27-17-21)15(11-19)28(23,24)22(12(2)3)13(4)5/h10,12-13,15-16H,7-9,11H2,1-6H3. The first kappa shape index (κ1) is 23.8. The molecule has 14 heteroatoms. The highest BCUT2D eigenvalue weighted by Gasteiger charge is 2.45. The summed E-state index contributed by atoms with van der Waals surface area (Å²) in [7, 11) is -6.31. The lowest BCUT2D eigenvalue weighted by molar-refractivity contribution is -0.766. The smallest absolute Gasteiger partial charge is 0.286 e. The molecule has 0 aromatic carbocycles. The van der Waals surface area contributed by atoms with Gasteiger partial charge in [0.25, 0.3) is 22.0 Å². The Morgan fingerprint density at radius 1 is 1.24 bits per heavy atom. The summed E-state index contributed by atoms with van der Waals surface area (Å²) >= 11 is 0. The fraction of sp³-hybridized carbons (Fsp3) is 0.867. The fourth-order valence-electron chi connectivity index (χ4n) is 3.45. The molecule has 1 fully saturated rings. The Balaban J connectivity index is 2.53. The van der Waals surface area contributed by atoms with Crippen molar-refractivity contribution in [3.05, 3.63) is 11.8 Å². The van der Waals surface area contributed by atoms with Crippen molar-refractivity contribution in [2.75, 3.05) is 38.2 Å². The Labute approximate surface area is 172 Å². The van der Waals surface area contributed by atoms with Crippen LogP contribution < -0.4 is 20.6 Å². The maximum atomic E-state index is 13.6. The van der Waals surface area contributed by atoms with E-state index in [0.29, 0.717) is 0 Å². The lowest BCUT2D eigenvalue weighted by Crippen LogP contribution is -2.74. The normalized spacial score (nSPS) is 19.8. The van der Waals surface area contributed by atoms with E-state index < -0.39 is 25.6 Å². The molecule has 0 bridgehead atoms. The molecule has 0 spiro atoms. The minimum absolute atomic E-state index is 0.0708. The van der Waals surface area contributed by atoms with Gasteiger partial charge in [-0.1, -0.05) is 11.7 Å². The zero-order chi connectivity index (χ0) is 22.1. The highest BCUT2D eigenvalue weighted by molar-refractivity contribution is 7.90. The van der Waals surface area contributed by atoms with E-state index in [1.54, 1.807) is 34.6 Å². The Morgan fingerprint density at radius 3 is 2.28 bits per heavy atom. The van der Waals surface area contributed by atoms with Gasteiger partial charge < -0.3 is 4.52 Å². The van der Waals surface area contributed by atoms with Crippen LogP contribution in [-0.2, 0) is 20.2 Å². The van der Waals surface area contributed by atoms with E-state index in [0.717, 1.165) is 4.79 Å². The Morgan fingerprint density at radius 2 is 1.83 bits per heavy atom. The van der Waals surface area contributed by atoms with E-state index in [2.05, 4.69) is 5.27 Å². The molecule has 0 aliphatic carbocycles. The minimum atomic E-state index is -3.97. The van der Waals surface area contributed by atoms with Crippen molar-refractivity contribution in [1.82, 2.24) is 18.2 Å². The summed E-state index contributed by atoms with van der Waals surface area (Å²) in [4.78, 5) is 1.16. The summed E-state index contributed by atoms with van der Waals surface area (Å²) in [6.45, 7) is 8.95. The van der Waals surface area contributed by atoms with Gasteiger partial charge in [-0.05, 0) is 33.0 Å². The average molecular weight is 454 g/mol. The minimum Gasteiger partial charge on any atom is -0.380 e. The maximum Gasteiger partial charge on any atom is 0.286 e. The lowest BCUT2D eigenvalue weighted by atomic mass is 10.3. The number of nitrogens with one attached hydrogen (secondary N) is 1. The van der Waals surface area contributed by atoms with Crippen molar-refractivity contribution in [1.29, 1.82) is 5.41 Å². The molecule has 1 aromatic rings. The number of rotatable bonds is 8. The second-order valence-electron chi connectivity index (χ2n) is 7.45. The molecule has 0 saturated carbocycles. The highest BCUT2D eigenvalue weighted by atomic mass is 32.2. The second kappa shape index (κ2) is 8.71. The molecule has 0 amide bonds. The number of hydrogen-bond acceptors (Lipinski definition) is 7. The van der Waals surface area contributed by atoms with Gasteiger partial charge in [0.15, 0.2) is 0 Å². The van der Waals surface area contributed by atoms with Gasteiger partial charge in [0.2, 0.25) is 10.0 Å². The van der Waals surface area contributed by atoms with Crippen LogP contribution in [0.2, 0.25) is 0 Å². The molecule has 1 aliphatic heterocycles. The van der Waals surface area contributed by atoms with Gasteiger partial charge in [0, 0.05) is 45.3 Å². The second-order valence-corrected chi connectivity index (χ2v) is 11.5. The van der Waals surface area contributed by atoms with Crippen LogP contribution in [-0.4, -0.2) is 80.4 Å². The van der Waals surface area contributed by atoms with Crippen LogP contribution in [0.4, 0.5) is 0 Å². The predicted molar refractivity (Wildman–Crippen MR) is 105 cm³/mol. The highest BCUT2D eigenvalue weighted by Crippen LogP contribution is 2.22. The van der Waals surface area contributed by atoms with Crippen LogP contribution >= 0.6 is 0 Å². The summed E-state index contributed by atoms with van der Waals surface area (Å²) in [6.07, 6.45) is 1.25. The van der Waals surface area contributed by atoms with E-state index in [9.17, 15) is 16.8 Å². The summed E-state index contributed by atoms with van der Waals surface area (Å²) in [5.41, 5.74) is -0.230. The van der Waals surface area contributed by atoms with Gasteiger partial charge in [0.05, 0.1) is 0 Å². The molecule has 29 heavy (non-hydrogen) atoms. The third kappa shape index (κ3) is 4.66. The molecule has 1 saturated heterocycles. The Kier molecular flexibility index (Phi) is 7.15. The van der Waals surface area contributed by atoms with E-state index in [4.69, 9.17) is 9.93 Å². The van der Waals surface area contributed by atoms with Gasteiger partial charge in [-0.25, -0.2) is 8.42 Å². The number of sulfonamides is 1. The number of piperazine rings is 1. The number of aromatic nitrogens is 2. The summed E-state index contributed by atoms with van der Waals surface area (Å²) in [5, 5.41) is 11.5. The zero-order valence-electron chi connectivity index (χ0n) is 17.7. The molecule has 2 rings (SSSR count). The van der Waals surface area contributed by atoms with Crippen LogP contribution in [0.5, 0.6) is 0 Å². The molecule has 1 unspecified atom stereocenters. The zero-order valence-corrected chi connectivity index (χ0v) is 19.3. The Hall–Kier alpha value is -1.48. The third-order valence-electron chi connectivity index (χ3n) is 4.81. The summed E-state index contributed by atoms with van der Waals surface area (Å²) < 4.78 is 61.4. The van der Waals surface area contributed by atoms with E-state index >= 15 is 0 Å². The maximum absolute atomic E-state index is 13.6. The van der Waals surface area contributed by atoms with Crippen LogP contribution in [0.3, 0.4) is 0 Å². The Bertz CT molecular complexity index is 946. The summed E-state index contributed by atoms with van der Waals surface area (Å²) in [6, 6.07) is -0.637. The first-order chi connectivity index (χ1) is 13.3. The van der Waals surface area contributed by atoms with Crippen LogP contribution in [0.1, 0.15) is 34.6 Å². The van der Waals surface area contributed by atoms with Crippen molar-refractivity contribution in [3.8, 4) is 0 Å². The van der Waals surface area contributed by atoms with E-state index in [-0.39, 0.29) is 43.8 Å². The van der Waals surface area contributed by atoms with Gasteiger partial charge in [-0.15, -0.1) is 0 Å². The van der Waals surface area contributed by atoms with Crippen molar-refractivity contribution >= 4 is 20.2 Å². The molecule has 168 valence electrons. The number of hydrogen-bond donors (Lipinski definition) is 1. The fourth-order valence-corrected chi connectivity index (χ4v) is 7.24. The molecule has 1 atom stereocenters. The van der Waals surface area contributed by atoms with Crippen LogP contribution in [0, 0.1) is 5.41 Å². The average Bonchev–Trinajstić information content (AvgIpc) is 3.05. The largest absolute Gasteiger partial charge is 0.380 e. The summed E-state index contributed by atoms with van der Waals surface area (Å²) in [5.74, 6) is 0. The van der Waals surface area contributed by atoms with Gasteiger partial charge in [-0.3, -0.25) is 10.4 Å². The molecule has 1 aromatic heterocycles. The van der Waals surface area contributed by atoms with Crippen molar-refractivity contribution in [2.45, 2.75) is 52.1 Å². The molecule has 0 radical (unpaired) electrons. The molecule has 2 heterocycles. The topological polar surface area (TPSA) is 136 Å². The van der Waals surface area contributed by atoms with Gasteiger partial charge in [0.1, 0.15) is 5.37 Å². The first-order valence-electron chi connectivity index (χ1n) is 9.45. The first-order valence-corrected chi connectivity index (χ1v) is 12.3. The number of nitrogens with zero attached hydrogens (tertiary/aromatic N) is 6. The monoisotopic (exact) mass is 453 g/mol. The quantitative estimate of drug-likeness (QED) is 0.460. The van der Waals surface area contributed by atoms with Crippen molar-refractivity contribution < 1.29 is 26.1 Å². The SMILES string of the molecule is CCN(C)S(=O)(=O)N1CCN([n+]2cc(=N)o[n-]2)C(S(=O)(=O)N(C(C)C)C(C)C)C1. The van der Waals surface area contributed by atoms with Crippen LogP contribution in [0.25, 0.3) is 0 Å². The van der Waals surface area contributed by atoms with Gasteiger partial charge >= 0.3 is 0 Å². The molecular weight excluding hydrogens is 422 g/mol. The molecular formula is C15H31N7O5S2. The van der Waals surface area contributed by atoms with Crippen molar-refractivity contribution in [2.24, 2.45) is 0 Å². The lowest BCUT2D eigenvalue weighted by Gasteiger charge is -2.44. The van der Waals surface area contributed by atoms with Gasteiger partial charge in [-0.2, -0.15) is 21.3 Å². The molecule has 12 nitrogen and oxygen atoms in total. The van der Waals surface area contributed by atoms with Crippen molar-refractivity contribution in [3.63, 3.8) is 0 Å². The molecule has 1 aliphatic rings. The van der Waals surface area contributed by atoms with E-state index in [1.165, 1.54) is 31.2 Å².